The van der Waals surface area contributed by atoms with Gasteiger partial charge < -0.3 is 5.32 Å². The van der Waals surface area contributed by atoms with E-state index in [0.29, 0.717) is 5.92 Å². The number of nitrogens with zero attached hydrogens (tertiary/aromatic N) is 1. The molecule has 20 heavy (non-hydrogen) atoms. The first kappa shape index (κ1) is 12.7. The SMILES string of the molecule is CC(C)c1ccc(CNc2ccc3cn[nH]c3c2)cc1. The fraction of sp³-hybridized carbons (Fsp3) is 0.235. The number of benzene rings is 2. The van der Waals surface area contributed by atoms with Crippen molar-refractivity contribution in [2.45, 2.75) is 26.3 Å². The Hall–Kier alpha value is -2.29. The molecule has 0 radical (unpaired) electrons. The summed E-state index contributed by atoms with van der Waals surface area (Å²) in [4.78, 5) is 0. The number of rotatable bonds is 4. The van der Waals surface area contributed by atoms with E-state index in [1.807, 2.05) is 6.20 Å². The number of hydrogen-bond acceptors (Lipinski definition) is 2. The number of fused-ring (bicyclic) bond motifs is 1. The minimum absolute atomic E-state index is 0.583. The van der Waals surface area contributed by atoms with Crippen molar-refractivity contribution in [3.63, 3.8) is 0 Å². The Bertz CT molecular complexity index is 696. The van der Waals surface area contributed by atoms with E-state index in [4.69, 9.17) is 0 Å². The summed E-state index contributed by atoms with van der Waals surface area (Å²) in [5.74, 6) is 0.583. The van der Waals surface area contributed by atoms with Crippen LogP contribution in [0.3, 0.4) is 0 Å². The summed E-state index contributed by atoms with van der Waals surface area (Å²) in [5, 5.41) is 11.6. The second kappa shape index (κ2) is 5.37. The number of hydrogen-bond donors (Lipinski definition) is 2. The van der Waals surface area contributed by atoms with E-state index in [0.717, 1.165) is 23.1 Å². The highest BCUT2D eigenvalue weighted by atomic mass is 15.1. The van der Waals surface area contributed by atoms with Crippen LogP contribution >= 0.6 is 0 Å². The zero-order chi connectivity index (χ0) is 13.9. The second-order valence-corrected chi connectivity index (χ2v) is 5.42. The summed E-state index contributed by atoms with van der Waals surface area (Å²) in [5.41, 5.74) is 4.84. The molecule has 3 heteroatoms. The summed E-state index contributed by atoms with van der Waals surface area (Å²) in [6, 6.07) is 15.0. The van der Waals surface area contributed by atoms with Gasteiger partial charge in [0.25, 0.3) is 0 Å². The van der Waals surface area contributed by atoms with Crippen molar-refractivity contribution in [1.82, 2.24) is 10.2 Å². The van der Waals surface area contributed by atoms with Crippen molar-refractivity contribution in [2.24, 2.45) is 0 Å². The number of aromatic amines is 1. The van der Waals surface area contributed by atoms with Gasteiger partial charge in [0.2, 0.25) is 0 Å². The Morgan fingerprint density at radius 2 is 1.90 bits per heavy atom. The third-order valence-corrected chi connectivity index (χ3v) is 3.58. The van der Waals surface area contributed by atoms with E-state index in [1.54, 1.807) is 0 Å². The molecule has 0 amide bonds. The van der Waals surface area contributed by atoms with Crippen molar-refractivity contribution >= 4 is 16.6 Å². The predicted octanol–water partition coefficient (Wildman–Crippen LogP) is 4.30. The van der Waals surface area contributed by atoms with E-state index in [1.165, 1.54) is 11.1 Å². The molecule has 0 aliphatic rings. The summed E-state index contributed by atoms with van der Waals surface area (Å²) < 4.78 is 0. The third kappa shape index (κ3) is 2.67. The van der Waals surface area contributed by atoms with E-state index >= 15 is 0 Å². The third-order valence-electron chi connectivity index (χ3n) is 3.58. The lowest BCUT2D eigenvalue weighted by molar-refractivity contribution is 0.865. The molecule has 3 aromatic rings. The van der Waals surface area contributed by atoms with E-state index in [9.17, 15) is 0 Å². The van der Waals surface area contributed by atoms with E-state index in [2.05, 4.69) is 71.8 Å². The molecule has 0 saturated heterocycles. The van der Waals surface area contributed by atoms with Gasteiger partial charge in [0, 0.05) is 17.6 Å². The monoisotopic (exact) mass is 265 g/mol. The van der Waals surface area contributed by atoms with Crippen molar-refractivity contribution in [2.75, 3.05) is 5.32 Å². The first-order chi connectivity index (χ1) is 9.72. The standard InChI is InChI=1S/C17H19N3/c1-12(2)14-5-3-13(4-6-14)10-18-16-8-7-15-11-19-20-17(15)9-16/h3-9,11-12,18H,10H2,1-2H3,(H,19,20). The predicted molar refractivity (Wildman–Crippen MR) is 84.0 cm³/mol. The molecular formula is C17H19N3. The number of nitrogens with one attached hydrogen (secondary N) is 2. The van der Waals surface area contributed by atoms with Crippen LogP contribution in [0.25, 0.3) is 10.9 Å². The van der Waals surface area contributed by atoms with Crippen molar-refractivity contribution in [3.05, 3.63) is 59.8 Å². The molecular weight excluding hydrogens is 246 g/mol. The molecule has 1 heterocycles. The minimum atomic E-state index is 0.583. The maximum Gasteiger partial charge on any atom is 0.0670 e. The topological polar surface area (TPSA) is 40.7 Å². The van der Waals surface area contributed by atoms with Gasteiger partial charge in [-0.25, -0.2) is 0 Å². The molecule has 102 valence electrons. The largest absolute Gasteiger partial charge is 0.381 e. The van der Waals surface area contributed by atoms with Crippen LogP contribution in [0.2, 0.25) is 0 Å². The van der Waals surface area contributed by atoms with E-state index in [-0.39, 0.29) is 0 Å². The lowest BCUT2D eigenvalue weighted by atomic mass is 10.0. The van der Waals surface area contributed by atoms with Crippen LogP contribution in [-0.2, 0) is 6.54 Å². The summed E-state index contributed by atoms with van der Waals surface area (Å²) in [6.45, 7) is 5.26. The Kier molecular flexibility index (Phi) is 3.42. The van der Waals surface area contributed by atoms with Crippen LogP contribution in [0.4, 0.5) is 5.69 Å². The normalized spacial score (nSPS) is 11.2. The maximum atomic E-state index is 4.03. The Morgan fingerprint density at radius 1 is 1.10 bits per heavy atom. The Balaban J connectivity index is 1.69. The molecule has 0 unspecified atom stereocenters. The molecule has 1 aromatic heterocycles. The van der Waals surface area contributed by atoms with Gasteiger partial charge in [0.15, 0.2) is 0 Å². The van der Waals surface area contributed by atoms with Crippen LogP contribution < -0.4 is 5.32 Å². The molecule has 0 aliphatic carbocycles. The van der Waals surface area contributed by atoms with Gasteiger partial charge in [-0.3, -0.25) is 5.10 Å². The van der Waals surface area contributed by atoms with Gasteiger partial charge in [-0.15, -0.1) is 0 Å². The Labute approximate surface area is 119 Å². The number of anilines is 1. The Morgan fingerprint density at radius 3 is 2.65 bits per heavy atom. The average molecular weight is 265 g/mol. The highest BCUT2D eigenvalue weighted by Crippen LogP contribution is 2.18. The lowest BCUT2D eigenvalue weighted by Crippen LogP contribution is -1.99. The summed E-state index contributed by atoms with van der Waals surface area (Å²) in [7, 11) is 0. The smallest absolute Gasteiger partial charge is 0.0670 e. The number of aromatic nitrogens is 2. The van der Waals surface area contributed by atoms with Crippen LogP contribution in [0.1, 0.15) is 30.9 Å². The van der Waals surface area contributed by atoms with Crippen molar-refractivity contribution < 1.29 is 0 Å². The minimum Gasteiger partial charge on any atom is -0.381 e. The maximum absolute atomic E-state index is 4.03. The van der Waals surface area contributed by atoms with Gasteiger partial charge in [-0.2, -0.15) is 5.10 Å². The van der Waals surface area contributed by atoms with Gasteiger partial charge >= 0.3 is 0 Å². The molecule has 0 saturated carbocycles. The summed E-state index contributed by atoms with van der Waals surface area (Å²) in [6.07, 6.45) is 1.84. The molecule has 0 bridgehead atoms. The molecule has 3 rings (SSSR count). The van der Waals surface area contributed by atoms with Gasteiger partial charge in [0.05, 0.1) is 11.7 Å². The number of H-pyrrole nitrogens is 1. The molecule has 0 aliphatic heterocycles. The lowest BCUT2D eigenvalue weighted by Gasteiger charge is -2.09. The zero-order valence-corrected chi connectivity index (χ0v) is 11.9. The second-order valence-electron chi connectivity index (χ2n) is 5.42. The molecule has 0 spiro atoms. The fourth-order valence-electron chi connectivity index (χ4n) is 2.27. The quantitative estimate of drug-likeness (QED) is 0.738. The molecule has 0 fully saturated rings. The highest BCUT2D eigenvalue weighted by Gasteiger charge is 2.00. The first-order valence-corrected chi connectivity index (χ1v) is 6.98. The van der Waals surface area contributed by atoms with Crippen LogP contribution in [0, 0.1) is 0 Å². The van der Waals surface area contributed by atoms with Crippen LogP contribution in [0.5, 0.6) is 0 Å². The first-order valence-electron chi connectivity index (χ1n) is 6.98. The zero-order valence-electron chi connectivity index (χ0n) is 11.9. The van der Waals surface area contributed by atoms with E-state index < -0.39 is 0 Å². The van der Waals surface area contributed by atoms with Crippen LogP contribution in [0.15, 0.2) is 48.7 Å². The average Bonchev–Trinajstić information content (AvgIpc) is 2.93. The molecule has 3 nitrogen and oxygen atoms in total. The molecule has 2 aromatic carbocycles. The van der Waals surface area contributed by atoms with Gasteiger partial charge in [-0.05, 0) is 35.2 Å². The molecule has 2 N–H and O–H groups in total. The van der Waals surface area contributed by atoms with Crippen molar-refractivity contribution in [3.8, 4) is 0 Å². The van der Waals surface area contributed by atoms with Gasteiger partial charge in [0.1, 0.15) is 0 Å². The molecule has 0 atom stereocenters. The van der Waals surface area contributed by atoms with Crippen LogP contribution in [-0.4, -0.2) is 10.2 Å². The highest BCUT2D eigenvalue weighted by molar-refractivity contribution is 5.81. The summed E-state index contributed by atoms with van der Waals surface area (Å²) >= 11 is 0. The van der Waals surface area contributed by atoms with Crippen molar-refractivity contribution in [1.29, 1.82) is 0 Å². The fourth-order valence-corrected chi connectivity index (χ4v) is 2.27. The van der Waals surface area contributed by atoms with Gasteiger partial charge in [-0.1, -0.05) is 38.1 Å².